The number of aliphatic hydroxyl groups excluding tert-OH is 1. The van der Waals surface area contributed by atoms with Crippen LogP contribution in [0.4, 0.5) is 0 Å². The molecule has 0 saturated heterocycles. The second-order valence-corrected chi connectivity index (χ2v) is 6.16. The van der Waals surface area contributed by atoms with Gasteiger partial charge in [-0.05, 0) is 41.3 Å². The fraction of sp³-hybridized carbons (Fsp3) is 0.0556. The van der Waals surface area contributed by atoms with E-state index >= 15 is 0 Å². The predicted octanol–water partition coefficient (Wildman–Crippen LogP) is 4.53. The van der Waals surface area contributed by atoms with Gasteiger partial charge in [-0.15, -0.1) is 11.3 Å². The van der Waals surface area contributed by atoms with E-state index in [0.717, 1.165) is 21.3 Å². The first kappa shape index (κ1) is 12.5. The Morgan fingerprint density at radius 3 is 2.67 bits per heavy atom. The Morgan fingerprint density at radius 2 is 1.76 bits per heavy atom. The molecule has 4 aromatic rings. The van der Waals surface area contributed by atoms with Gasteiger partial charge < -0.3 is 5.11 Å². The van der Waals surface area contributed by atoms with Gasteiger partial charge in [-0.3, -0.25) is 4.98 Å². The summed E-state index contributed by atoms with van der Waals surface area (Å²) in [6, 6.07) is 20.1. The molecule has 2 nitrogen and oxygen atoms in total. The second-order valence-electron chi connectivity index (χ2n) is 5.04. The molecule has 1 atom stereocenters. The Morgan fingerprint density at radius 1 is 0.905 bits per heavy atom. The summed E-state index contributed by atoms with van der Waals surface area (Å²) in [5, 5.41) is 12.9. The highest BCUT2D eigenvalue weighted by Crippen LogP contribution is 2.33. The number of aromatic nitrogens is 1. The Labute approximate surface area is 126 Å². The quantitative estimate of drug-likeness (QED) is 0.588. The summed E-state index contributed by atoms with van der Waals surface area (Å²) in [5.41, 5.74) is 1.85. The topological polar surface area (TPSA) is 33.1 Å². The maximum Gasteiger partial charge on any atom is 0.113 e. The minimum atomic E-state index is -0.591. The van der Waals surface area contributed by atoms with Crippen molar-refractivity contribution >= 4 is 32.3 Å². The highest BCUT2D eigenvalue weighted by atomic mass is 32.1. The molecule has 0 radical (unpaired) electrons. The Bertz CT molecular complexity index is 895. The summed E-state index contributed by atoms with van der Waals surface area (Å²) in [5.74, 6) is 0. The summed E-state index contributed by atoms with van der Waals surface area (Å²) >= 11 is 1.64. The molecule has 0 aliphatic rings. The fourth-order valence-corrected chi connectivity index (χ4v) is 3.64. The average molecular weight is 291 g/mol. The third-order valence-electron chi connectivity index (χ3n) is 3.66. The number of hydrogen-bond donors (Lipinski definition) is 1. The van der Waals surface area contributed by atoms with E-state index in [-0.39, 0.29) is 0 Å². The molecule has 2 heterocycles. The van der Waals surface area contributed by atoms with E-state index in [1.54, 1.807) is 17.5 Å². The van der Waals surface area contributed by atoms with Gasteiger partial charge in [0.2, 0.25) is 0 Å². The van der Waals surface area contributed by atoms with E-state index in [1.807, 2.05) is 42.5 Å². The lowest BCUT2D eigenvalue weighted by Gasteiger charge is -2.09. The average Bonchev–Trinajstić information content (AvgIpc) is 2.97. The van der Waals surface area contributed by atoms with Gasteiger partial charge in [-0.2, -0.15) is 0 Å². The van der Waals surface area contributed by atoms with E-state index in [1.165, 1.54) is 10.1 Å². The monoisotopic (exact) mass is 291 g/mol. The van der Waals surface area contributed by atoms with Crippen LogP contribution in [-0.2, 0) is 0 Å². The number of thiophene rings is 1. The number of rotatable bonds is 2. The highest BCUT2D eigenvalue weighted by Gasteiger charge is 2.14. The van der Waals surface area contributed by atoms with Crippen LogP contribution < -0.4 is 0 Å². The number of benzene rings is 2. The first-order chi connectivity index (χ1) is 10.3. The zero-order chi connectivity index (χ0) is 14.2. The Kier molecular flexibility index (Phi) is 2.95. The van der Waals surface area contributed by atoms with E-state index in [9.17, 15) is 5.11 Å². The normalized spacial score (nSPS) is 12.8. The predicted molar refractivity (Wildman–Crippen MR) is 87.6 cm³/mol. The third-order valence-corrected chi connectivity index (χ3v) is 4.83. The largest absolute Gasteiger partial charge is 0.383 e. The lowest BCUT2D eigenvalue weighted by Crippen LogP contribution is -1.96. The zero-order valence-electron chi connectivity index (χ0n) is 11.2. The Hall–Kier alpha value is -2.23. The van der Waals surface area contributed by atoms with Crippen LogP contribution in [0.3, 0.4) is 0 Å². The van der Waals surface area contributed by atoms with Crippen LogP contribution in [0.25, 0.3) is 21.0 Å². The molecule has 0 aliphatic heterocycles. The van der Waals surface area contributed by atoms with Crippen molar-refractivity contribution in [2.24, 2.45) is 0 Å². The van der Waals surface area contributed by atoms with Crippen molar-refractivity contribution in [1.82, 2.24) is 4.98 Å². The maximum absolute atomic E-state index is 10.6. The van der Waals surface area contributed by atoms with Gasteiger partial charge in [0.05, 0.1) is 5.52 Å². The van der Waals surface area contributed by atoms with Crippen molar-refractivity contribution in [2.45, 2.75) is 6.10 Å². The molecule has 2 aromatic carbocycles. The lowest BCUT2D eigenvalue weighted by molar-refractivity contribution is 0.224. The molecule has 0 aliphatic carbocycles. The molecular weight excluding hydrogens is 278 g/mol. The molecule has 0 spiro atoms. The van der Waals surface area contributed by atoms with Crippen LogP contribution in [0.5, 0.6) is 0 Å². The first-order valence-electron chi connectivity index (χ1n) is 6.82. The summed E-state index contributed by atoms with van der Waals surface area (Å²) < 4.78 is 1.20. The number of fused-ring (bicyclic) bond motifs is 2. The molecule has 21 heavy (non-hydrogen) atoms. The second kappa shape index (κ2) is 4.95. The molecule has 2 aromatic heterocycles. The van der Waals surface area contributed by atoms with Gasteiger partial charge in [-0.1, -0.05) is 30.3 Å². The van der Waals surface area contributed by atoms with Crippen LogP contribution in [0, 0.1) is 0 Å². The van der Waals surface area contributed by atoms with Gasteiger partial charge >= 0.3 is 0 Å². The molecule has 4 rings (SSSR count). The molecular formula is C18H13NOS. The van der Waals surface area contributed by atoms with E-state index in [4.69, 9.17) is 0 Å². The van der Waals surface area contributed by atoms with Crippen molar-refractivity contribution < 1.29 is 5.11 Å². The molecule has 102 valence electrons. The summed E-state index contributed by atoms with van der Waals surface area (Å²) in [6.07, 6.45) is 1.19. The van der Waals surface area contributed by atoms with Gasteiger partial charge in [0.25, 0.3) is 0 Å². The van der Waals surface area contributed by atoms with Gasteiger partial charge in [0.15, 0.2) is 0 Å². The minimum absolute atomic E-state index is 0.591. The zero-order valence-corrected chi connectivity index (χ0v) is 12.0. The smallest absolute Gasteiger partial charge is 0.113 e. The molecule has 1 unspecified atom stereocenters. The van der Waals surface area contributed by atoms with Crippen molar-refractivity contribution in [3.05, 3.63) is 77.3 Å². The van der Waals surface area contributed by atoms with Crippen LogP contribution in [0.15, 0.2) is 66.9 Å². The molecule has 0 amide bonds. The number of aliphatic hydroxyl groups is 1. The van der Waals surface area contributed by atoms with E-state index in [0.29, 0.717) is 0 Å². The molecule has 3 heteroatoms. The Balaban J connectivity index is 1.79. The van der Waals surface area contributed by atoms with E-state index < -0.39 is 6.10 Å². The lowest BCUT2D eigenvalue weighted by atomic mass is 10.0. The SMILES string of the molecule is OC(c1ccc2ncccc2c1)c1cc2ccccc2s1. The summed E-state index contributed by atoms with van der Waals surface area (Å²) in [7, 11) is 0. The van der Waals surface area contributed by atoms with Crippen LogP contribution in [0.1, 0.15) is 16.5 Å². The summed E-state index contributed by atoms with van der Waals surface area (Å²) in [4.78, 5) is 5.28. The molecule has 1 N–H and O–H groups in total. The minimum Gasteiger partial charge on any atom is -0.383 e. The molecule has 0 bridgehead atoms. The van der Waals surface area contributed by atoms with Gasteiger partial charge in [0.1, 0.15) is 6.10 Å². The van der Waals surface area contributed by atoms with Crippen molar-refractivity contribution in [2.75, 3.05) is 0 Å². The van der Waals surface area contributed by atoms with Crippen molar-refractivity contribution in [3.8, 4) is 0 Å². The third kappa shape index (κ3) is 2.20. The van der Waals surface area contributed by atoms with Crippen molar-refractivity contribution in [3.63, 3.8) is 0 Å². The molecule has 0 saturated carbocycles. The highest BCUT2D eigenvalue weighted by molar-refractivity contribution is 7.19. The van der Waals surface area contributed by atoms with Crippen LogP contribution >= 0.6 is 11.3 Å². The standard InChI is InChI=1S/C18H13NOS/c20-18(17-11-13-4-1-2-6-16(13)21-17)14-7-8-15-12(10-14)5-3-9-19-15/h1-11,18,20H. The van der Waals surface area contributed by atoms with Gasteiger partial charge in [-0.25, -0.2) is 0 Å². The molecule has 0 fully saturated rings. The maximum atomic E-state index is 10.6. The van der Waals surface area contributed by atoms with Crippen LogP contribution in [0.2, 0.25) is 0 Å². The van der Waals surface area contributed by atoms with Crippen molar-refractivity contribution in [1.29, 1.82) is 0 Å². The number of nitrogens with zero attached hydrogens (tertiary/aromatic N) is 1. The van der Waals surface area contributed by atoms with E-state index in [2.05, 4.69) is 23.2 Å². The summed E-state index contributed by atoms with van der Waals surface area (Å²) in [6.45, 7) is 0. The van der Waals surface area contributed by atoms with Crippen LogP contribution in [-0.4, -0.2) is 10.1 Å². The van der Waals surface area contributed by atoms with Gasteiger partial charge in [0, 0.05) is 21.2 Å². The first-order valence-corrected chi connectivity index (χ1v) is 7.64. The fourth-order valence-electron chi connectivity index (χ4n) is 2.57. The number of pyridine rings is 1. The number of hydrogen-bond acceptors (Lipinski definition) is 3.